The number of aromatic nitrogens is 2. The zero-order valence-corrected chi connectivity index (χ0v) is 12.8. The number of ether oxygens (including phenoxy) is 1. The number of imidazole rings is 1. The van der Waals surface area contributed by atoms with Gasteiger partial charge < -0.3 is 19.6 Å². The zero-order valence-electron chi connectivity index (χ0n) is 12.8. The molecule has 22 heavy (non-hydrogen) atoms. The van der Waals surface area contributed by atoms with Gasteiger partial charge in [0.25, 0.3) is 5.91 Å². The highest BCUT2D eigenvalue weighted by Gasteiger charge is 2.33. The number of nitrogens with zero attached hydrogens (tertiary/aromatic N) is 2. The molecule has 1 aliphatic carbocycles. The number of carbonyl (C=O) groups excluding carboxylic acids is 1. The molecule has 1 aliphatic rings. The Balaban J connectivity index is 1.77. The van der Waals surface area contributed by atoms with E-state index in [1.54, 1.807) is 13.3 Å². The number of pyridine rings is 1. The quantitative estimate of drug-likeness (QED) is 0.896. The van der Waals surface area contributed by atoms with Gasteiger partial charge in [-0.25, -0.2) is 4.98 Å². The van der Waals surface area contributed by atoms with Gasteiger partial charge in [-0.15, -0.1) is 0 Å². The highest BCUT2D eigenvalue weighted by atomic mass is 16.5. The molecule has 0 aliphatic heterocycles. The molecular weight excluding hydrogens is 282 g/mol. The van der Waals surface area contributed by atoms with Gasteiger partial charge in [-0.3, -0.25) is 4.79 Å². The summed E-state index contributed by atoms with van der Waals surface area (Å²) in [5.41, 5.74) is 2.12. The fraction of sp³-hybridized carbons (Fsp3) is 0.500. The molecule has 1 fully saturated rings. The first-order valence-electron chi connectivity index (χ1n) is 7.56. The maximum atomic E-state index is 12.4. The molecule has 0 spiro atoms. The monoisotopic (exact) mass is 303 g/mol. The predicted molar refractivity (Wildman–Crippen MR) is 81.8 cm³/mol. The van der Waals surface area contributed by atoms with E-state index in [1.165, 1.54) is 0 Å². The summed E-state index contributed by atoms with van der Waals surface area (Å²) in [7, 11) is 1.59. The molecule has 2 aromatic heterocycles. The summed E-state index contributed by atoms with van der Waals surface area (Å²) in [5, 5.41) is 13.1. The molecule has 0 aromatic carbocycles. The van der Waals surface area contributed by atoms with Gasteiger partial charge in [0.2, 0.25) is 0 Å². The molecule has 6 nitrogen and oxygen atoms in total. The Morgan fingerprint density at radius 3 is 3.00 bits per heavy atom. The van der Waals surface area contributed by atoms with Gasteiger partial charge in [0, 0.05) is 19.0 Å². The first kappa shape index (κ1) is 15.0. The average molecular weight is 303 g/mol. The lowest BCUT2D eigenvalue weighted by atomic mass is 9.90. The van der Waals surface area contributed by atoms with Crippen LogP contribution in [-0.4, -0.2) is 45.8 Å². The fourth-order valence-electron chi connectivity index (χ4n) is 3.05. The lowest BCUT2D eigenvalue weighted by Crippen LogP contribution is -2.51. The van der Waals surface area contributed by atoms with Crippen LogP contribution in [-0.2, 0) is 4.74 Å². The van der Waals surface area contributed by atoms with Crippen LogP contribution >= 0.6 is 0 Å². The van der Waals surface area contributed by atoms with Crippen molar-refractivity contribution in [3.05, 3.63) is 35.8 Å². The van der Waals surface area contributed by atoms with Crippen molar-refractivity contribution >= 4 is 11.6 Å². The second kappa shape index (κ2) is 6.06. The van der Waals surface area contributed by atoms with E-state index in [1.807, 2.05) is 29.5 Å². The summed E-state index contributed by atoms with van der Waals surface area (Å²) in [6.45, 7) is 1.96. The molecule has 1 amide bonds. The number of fused-ring (bicyclic) bond motifs is 1. The third-order valence-corrected chi connectivity index (χ3v) is 4.34. The molecule has 0 bridgehead atoms. The van der Waals surface area contributed by atoms with E-state index in [0.717, 1.165) is 30.6 Å². The van der Waals surface area contributed by atoms with E-state index < -0.39 is 6.10 Å². The zero-order chi connectivity index (χ0) is 15.7. The minimum atomic E-state index is -0.679. The third kappa shape index (κ3) is 2.71. The number of aliphatic hydroxyl groups is 1. The average Bonchev–Trinajstić information content (AvgIpc) is 2.95. The van der Waals surface area contributed by atoms with Crippen LogP contribution in [0.15, 0.2) is 24.4 Å². The van der Waals surface area contributed by atoms with Gasteiger partial charge in [-0.2, -0.15) is 0 Å². The van der Waals surface area contributed by atoms with Crippen LogP contribution in [0.1, 0.15) is 35.4 Å². The highest BCUT2D eigenvalue weighted by molar-refractivity contribution is 5.93. The maximum absolute atomic E-state index is 12.4. The Kier molecular flexibility index (Phi) is 4.13. The van der Waals surface area contributed by atoms with Gasteiger partial charge in [0.1, 0.15) is 17.4 Å². The summed E-state index contributed by atoms with van der Waals surface area (Å²) in [6, 6.07) is 5.44. The molecule has 3 rings (SSSR count). The number of hydrogen-bond acceptors (Lipinski definition) is 4. The van der Waals surface area contributed by atoms with E-state index in [0.29, 0.717) is 5.69 Å². The summed E-state index contributed by atoms with van der Waals surface area (Å²) < 4.78 is 7.14. The van der Waals surface area contributed by atoms with Gasteiger partial charge >= 0.3 is 0 Å². The van der Waals surface area contributed by atoms with Crippen LogP contribution in [0.4, 0.5) is 0 Å². The SMILES string of the molecule is CO[C@@H]1CCC[C@@H](NC(=O)c2cn3c(C)cccc3n2)[C@H]1O. The lowest BCUT2D eigenvalue weighted by Gasteiger charge is -2.34. The second-order valence-electron chi connectivity index (χ2n) is 5.80. The second-order valence-corrected chi connectivity index (χ2v) is 5.80. The molecule has 2 heterocycles. The molecule has 1 saturated carbocycles. The van der Waals surface area contributed by atoms with Crippen molar-refractivity contribution in [3.8, 4) is 0 Å². The van der Waals surface area contributed by atoms with Crippen molar-refractivity contribution in [1.29, 1.82) is 0 Å². The number of hydrogen-bond donors (Lipinski definition) is 2. The van der Waals surface area contributed by atoms with Gasteiger partial charge in [0.05, 0.1) is 12.1 Å². The number of rotatable bonds is 3. The number of methoxy groups -OCH3 is 1. The van der Waals surface area contributed by atoms with Crippen LogP contribution < -0.4 is 5.32 Å². The van der Waals surface area contributed by atoms with Gasteiger partial charge in [0.15, 0.2) is 0 Å². The molecule has 0 unspecified atom stereocenters. The van der Waals surface area contributed by atoms with E-state index in [9.17, 15) is 9.90 Å². The Morgan fingerprint density at radius 1 is 1.45 bits per heavy atom. The van der Waals surface area contributed by atoms with Crippen molar-refractivity contribution in [2.45, 2.75) is 44.4 Å². The molecule has 0 radical (unpaired) electrons. The van der Waals surface area contributed by atoms with Gasteiger partial charge in [-0.1, -0.05) is 6.07 Å². The van der Waals surface area contributed by atoms with E-state index >= 15 is 0 Å². The molecular formula is C16H21N3O3. The number of amides is 1. The lowest BCUT2D eigenvalue weighted by molar-refractivity contribution is -0.0513. The van der Waals surface area contributed by atoms with Crippen molar-refractivity contribution in [2.24, 2.45) is 0 Å². The van der Waals surface area contributed by atoms with Crippen LogP contribution in [0.3, 0.4) is 0 Å². The Morgan fingerprint density at radius 2 is 2.27 bits per heavy atom. The van der Waals surface area contributed by atoms with E-state index in [2.05, 4.69) is 10.3 Å². The van der Waals surface area contributed by atoms with Crippen LogP contribution in [0.25, 0.3) is 5.65 Å². The van der Waals surface area contributed by atoms with Crippen LogP contribution in [0.5, 0.6) is 0 Å². The number of aliphatic hydroxyl groups excluding tert-OH is 1. The van der Waals surface area contributed by atoms with Crippen molar-refractivity contribution in [3.63, 3.8) is 0 Å². The molecule has 3 atom stereocenters. The largest absolute Gasteiger partial charge is 0.388 e. The number of nitrogens with one attached hydrogen (secondary N) is 1. The minimum absolute atomic E-state index is 0.220. The van der Waals surface area contributed by atoms with E-state index in [4.69, 9.17) is 4.74 Å². The topological polar surface area (TPSA) is 75.9 Å². The molecule has 118 valence electrons. The predicted octanol–water partition coefficient (Wildman–Crippen LogP) is 1.30. The Labute approximate surface area is 129 Å². The summed E-state index contributed by atoms with van der Waals surface area (Å²) in [4.78, 5) is 16.7. The van der Waals surface area contributed by atoms with Crippen LogP contribution in [0.2, 0.25) is 0 Å². The van der Waals surface area contributed by atoms with E-state index in [-0.39, 0.29) is 18.1 Å². The smallest absolute Gasteiger partial charge is 0.271 e. The maximum Gasteiger partial charge on any atom is 0.271 e. The number of aryl methyl sites for hydroxylation is 1. The summed E-state index contributed by atoms with van der Waals surface area (Å²) in [5.74, 6) is -0.260. The first-order chi connectivity index (χ1) is 10.6. The van der Waals surface area contributed by atoms with Crippen molar-refractivity contribution < 1.29 is 14.6 Å². The third-order valence-electron chi connectivity index (χ3n) is 4.34. The summed E-state index contributed by atoms with van der Waals surface area (Å²) in [6.07, 6.45) is 3.31. The molecule has 6 heteroatoms. The van der Waals surface area contributed by atoms with Crippen molar-refractivity contribution in [2.75, 3.05) is 7.11 Å². The van der Waals surface area contributed by atoms with Crippen LogP contribution in [0, 0.1) is 6.92 Å². The number of carbonyl (C=O) groups is 1. The summed E-state index contributed by atoms with van der Waals surface area (Å²) >= 11 is 0. The Bertz CT molecular complexity index is 682. The minimum Gasteiger partial charge on any atom is -0.388 e. The molecule has 2 aromatic rings. The van der Waals surface area contributed by atoms with Gasteiger partial charge in [-0.05, 0) is 38.3 Å². The standard InChI is InChI=1S/C16H21N3O3/c1-10-5-3-8-14-17-12(9-19(10)14)16(21)18-11-6-4-7-13(22-2)15(11)20/h3,5,8-9,11,13,15,20H,4,6-7H2,1-2H3,(H,18,21)/t11-,13-,15-/m1/s1. The van der Waals surface area contributed by atoms with Crippen molar-refractivity contribution in [1.82, 2.24) is 14.7 Å². The normalized spacial score (nSPS) is 25.3. The Hall–Kier alpha value is -1.92. The first-order valence-corrected chi connectivity index (χ1v) is 7.56. The highest BCUT2D eigenvalue weighted by Crippen LogP contribution is 2.21. The molecule has 2 N–H and O–H groups in total. The molecule has 0 saturated heterocycles. The fourth-order valence-corrected chi connectivity index (χ4v) is 3.05.